The van der Waals surface area contributed by atoms with Crippen LogP contribution in [-0.2, 0) is 4.79 Å². The Morgan fingerprint density at radius 2 is 1.73 bits per heavy atom. The smallest absolute Gasteiger partial charge is 0.228 e. The zero-order chi connectivity index (χ0) is 22.4. The number of carbonyl (C=O) groups is 1. The molecule has 1 fully saturated rings. The molecule has 30 heavy (non-hydrogen) atoms. The van der Waals surface area contributed by atoms with Gasteiger partial charge >= 0.3 is 0 Å². The fraction of sp³-hybridized carbons (Fsp3) is 0.680. The average molecular weight is 427 g/mol. The molecule has 0 aliphatic carbocycles. The highest BCUT2D eigenvalue weighted by Crippen LogP contribution is 2.46. The van der Waals surface area contributed by atoms with E-state index in [1.807, 2.05) is 38.1 Å². The van der Waals surface area contributed by atoms with Crippen LogP contribution in [0.3, 0.4) is 0 Å². The number of likely N-dealkylation sites (tertiary alicyclic amines) is 1. The van der Waals surface area contributed by atoms with Crippen LogP contribution < -0.4 is 4.74 Å². The molecule has 0 radical (unpaired) electrons. The lowest BCUT2D eigenvalue weighted by atomic mass is 9.93. The van der Waals surface area contributed by atoms with E-state index in [2.05, 4.69) is 58.0 Å². The van der Waals surface area contributed by atoms with Gasteiger partial charge in [-0.25, -0.2) is 0 Å². The summed E-state index contributed by atoms with van der Waals surface area (Å²) in [6.45, 7) is 20.5. The summed E-state index contributed by atoms with van der Waals surface area (Å²) in [6, 6.07) is 0.0435. The number of rotatable bonds is 3. The Morgan fingerprint density at radius 1 is 1.13 bits per heavy atom. The molecular weight excluding hydrogens is 388 g/mol. The van der Waals surface area contributed by atoms with Crippen molar-refractivity contribution in [3.63, 3.8) is 0 Å². The van der Waals surface area contributed by atoms with E-state index in [1.165, 1.54) is 0 Å². The Bertz CT molecular complexity index is 852. The lowest BCUT2D eigenvalue weighted by molar-refractivity contribution is -0.140. The first-order valence-electron chi connectivity index (χ1n) is 11.4. The molecule has 4 nitrogen and oxygen atoms in total. The Kier molecular flexibility index (Phi) is 6.13. The molecule has 0 spiro atoms. The normalized spacial score (nSPS) is 20.9. The van der Waals surface area contributed by atoms with Crippen molar-refractivity contribution in [2.75, 3.05) is 6.54 Å². The molecule has 5 heteroatoms. The van der Waals surface area contributed by atoms with E-state index in [4.69, 9.17) is 4.74 Å². The Morgan fingerprint density at radius 3 is 2.27 bits per heavy atom. The molecule has 1 saturated heterocycles. The second kappa shape index (κ2) is 8.03. The van der Waals surface area contributed by atoms with Gasteiger partial charge in [0.1, 0.15) is 19.9 Å². The predicted molar refractivity (Wildman–Crippen MR) is 125 cm³/mol. The van der Waals surface area contributed by atoms with E-state index in [0.29, 0.717) is 23.2 Å². The summed E-state index contributed by atoms with van der Waals surface area (Å²) in [7, 11) is -1.84. The van der Waals surface area contributed by atoms with Crippen LogP contribution in [0.4, 0.5) is 0 Å². The first-order chi connectivity index (χ1) is 13.9. The van der Waals surface area contributed by atoms with Gasteiger partial charge in [0, 0.05) is 29.8 Å². The number of hydrogen-bond acceptors (Lipinski definition) is 3. The van der Waals surface area contributed by atoms with E-state index in [0.717, 1.165) is 23.3 Å². The van der Waals surface area contributed by atoms with Gasteiger partial charge in [0.25, 0.3) is 0 Å². The predicted octanol–water partition coefficient (Wildman–Crippen LogP) is 5.73. The molecule has 1 amide bonds. The van der Waals surface area contributed by atoms with Crippen molar-refractivity contribution in [1.82, 2.24) is 9.88 Å². The maximum absolute atomic E-state index is 13.0. The van der Waals surface area contributed by atoms with Gasteiger partial charge in [0.05, 0.1) is 18.2 Å². The summed E-state index contributed by atoms with van der Waals surface area (Å²) >= 11 is 0. The number of amides is 1. The Labute approximate surface area is 183 Å². The van der Waals surface area contributed by atoms with Crippen LogP contribution in [0.2, 0.25) is 16.6 Å². The fourth-order valence-electron chi connectivity index (χ4n) is 5.53. The van der Waals surface area contributed by atoms with Crippen molar-refractivity contribution in [2.24, 2.45) is 5.41 Å². The maximum atomic E-state index is 13.0. The summed E-state index contributed by atoms with van der Waals surface area (Å²) in [5.74, 6) is 4.55. The molecule has 0 N–H and O–H groups in total. The van der Waals surface area contributed by atoms with E-state index < -0.39 is 13.5 Å². The zero-order valence-electron chi connectivity index (χ0n) is 20.2. The number of fused-ring (bicyclic) bond motifs is 4. The van der Waals surface area contributed by atoms with Crippen LogP contribution in [-0.4, -0.2) is 36.5 Å². The molecule has 3 heterocycles. The quantitative estimate of drug-likeness (QED) is 0.458. The van der Waals surface area contributed by atoms with Gasteiger partial charge in [-0.05, 0) is 16.6 Å². The number of ether oxygens (including phenoxy) is 1. The minimum absolute atomic E-state index is 0.0408. The van der Waals surface area contributed by atoms with Gasteiger partial charge in [-0.3, -0.25) is 9.78 Å². The lowest BCUT2D eigenvalue weighted by Crippen LogP contribution is -2.43. The minimum atomic E-state index is -1.84. The third-order valence-corrected chi connectivity index (χ3v) is 13.3. The average Bonchev–Trinajstić information content (AvgIpc) is 2.97. The van der Waals surface area contributed by atoms with Crippen molar-refractivity contribution in [3.05, 3.63) is 23.5 Å². The third kappa shape index (κ3) is 3.80. The fourth-order valence-corrected chi connectivity index (χ4v) is 10.7. The standard InChI is InChI=1S/C25H38N2O2Si/c1-16(2)30(17(3)4,18(5)6)11-10-19-13-26-14-21-22-12-20(29-23(19)21)15-27(22)24(28)25(7,8)9/h13-14,16-18,20,22H,12,15H2,1-9H3/t20-,22-/m0/s1. The van der Waals surface area contributed by atoms with Crippen LogP contribution in [0.15, 0.2) is 12.4 Å². The van der Waals surface area contributed by atoms with Crippen LogP contribution in [0.1, 0.15) is 85.9 Å². The van der Waals surface area contributed by atoms with E-state index in [-0.39, 0.29) is 18.1 Å². The maximum Gasteiger partial charge on any atom is 0.228 e. The second-order valence-electron chi connectivity index (χ2n) is 11.0. The van der Waals surface area contributed by atoms with Gasteiger partial charge in [0.15, 0.2) is 0 Å². The molecule has 0 unspecified atom stereocenters. The number of pyridine rings is 1. The van der Waals surface area contributed by atoms with Gasteiger partial charge in [-0.15, -0.1) is 5.54 Å². The van der Waals surface area contributed by atoms with Crippen molar-refractivity contribution in [3.8, 4) is 17.2 Å². The highest BCUT2D eigenvalue weighted by atomic mass is 28.3. The van der Waals surface area contributed by atoms with Crippen molar-refractivity contribution in [1.29, 1.82) is 0 Å². The zero-order valence-corrected chi connectivity index (χ0v) is 21.2. The topological polar surface area (TPSA) is 42.4 Å². The number of aromatic nitrogens is 1. The molecule has 0 aromatic carbocycles. The van der Waals surface area contributed by atoms with E-state index in [1.54, 1.807) is 0 Å². The van der Waals surface area contributed by atoms with Gasteiger partial charge in [0.2, 0.25) is 5.91 Å². The molecule has 2 aliphatic heterocycles. The Hall–Kier alpha value is -1.80. The van der Waals surface area contributed by atoms with Crippen LogP contribution >= 0.6 is 0 Å². The number of hydrogen-bond donors (Lipinski definition) is 0. The van der Waals surface area contributed by atoms with Crippen LogP contribution in [0.25, 0.3) is 0 Å². The highest BCUT2D eigenvalue weighted by molar-refractivity contribution is 6.90. The SMILES string of the molecule is CC(C)[Si](C#Cc1cncc2c1O[C@H]1C[C@@H]2N(C(=O)C(C)(C)C)C1)(C(C)C)C(C)C. The summed E-state index contributed by atoms with van der Waals surface area (Å²) < 4.78 is 6.37. The third-order valence-electron chi connectivity index (χ3n) is 7.01. The molecule has 3 rings (SSSR count). The number of carbonyl (C=O) groups excluding carboxylic acids is 1. The summed E-state index contributed by atoms with van der Waals surface area (Å²) in [5.41, 5.74) is 7.02. The molecule has 1 aromatic heterocycles. The summed E-state index contributed by atoms with van der Waals surface area (Å²) in [5, 5.41) is 0. The van der Waals surface area contributed by atoms with Crippen molar-refractivity contribution >= 4 is 14.0 Å². The van der Waals surface area contributed by atoms with E-state index >= 15 is 0 Å². The first kappa shape index (κ1) is 22.9. The van der Waals surface area contributed by atoms with Gasteiger partial charge < -0.3 is 9.64 Å². The van der Waals surface area contributed by atoms with Gasteiger partial charge in [-0.1, -0.05) is 68.2 Å². The second-order valence-corrected chi connectivity index (χ2v) is 16.5. The van der Waals surface area contributed by atoms with Crippen LogP contribution in [0.5, 0.6) is 5.75 Å². The molecular formula is C25H38N2O2Si. The first-order valence-corrected chi connectivity index (χ1v) is 13.6. The molecule has 164 valence electrons. The molecule has 2 bridgehead atoms. The molecule has 2 aliphatic rings. The molecule has 0 saturated carbocycles. The molecule has 1 aromatic rings. The van der Waals surface area contributed by atoms with E-state index in [9.17, 15) is 4.79 Å². The monoisotopic (exact) mass is 426 g/mol. The summed E-state index contributed by atoms with van der Waals surface area (Å²) in [4.78, 5) is 19.5. The molecule has 2 atom stereocenters. The van der Waals surface area contributed by atoms with Crippen LogP contribution in [0, 0.1) is 16.9 Å². The minimum Gasteiger partial charge on any atom is -0.487 e. The lowest BCUT2D eigenvalue weighted by Gasteiger charge is -2.38. The highest BCUT2D eigenvalue weighted by Gasteiger charge is 2.46. The van der Waals surface area contributed by atoms with Crippen molar-refractivity contribution < 1.29 is 9.53 Å². The summed E-state index contributed by atoms with van der Waals surface area (Å²) in [6.07, 6.45) is 4.59. The number of nitrogens with zero attached hydrogens (tertiary/aromatic N) is 2. The Balaban J connectivity index is 2.03. The van der Waals surface area contributed by atoms with Crippen molar-refractivity contribution in [2.45, 2.75) is 97.5 Å². The largest absolute Gasteiger partial charge is 0.487 e. The van der Waals surface area contributed by atoms with Gasteiger partial charge in [-0.2, -0.15) is 0 Å².